The molecule has 2 N–H and O–H groups in total. The van der Waals surface area contributed by atoms with E-state index in [4.69, 9.17) is 4.74 Å². The second-order valence-corrected chi connectivity index (χ2v) is 5.72. The van der Waals surface area contributed by atoms with Crippen molar-refractivity contribution in [2.75, 3.05) is 13.2 Å². The fourth-order valence-electron chi connectivity index (χ4n) is 1.63. The number of carbonyl (C=O) groups is 1. The van der Waals surface area contributed by atoms with Gasteiger partial charge < -0.3 is 15.4 Å². The molecule has 2 rings (SSSR count). The Morgan fingerprint density at radius 2 is 2.20 bits per heavy atom. The van der Waals surface area contributed by atoms with Crippen molar-refractivity contribution < 1.29 is 9.53 Å². The molecule has 1 fully saturated rings. The zero-order chi connectivity index (χ0) is 14.4. The lowest BCUT2D eigenvalue weighted by molar-refractivity contribution is 0.239. The number of hydrogen-bond acceptors (Lipinski definition) is 3. The van der Waals surface area contributed by atoms with Crippen LogP contribution in [0.3, 0.4) is 0 Å². The number of nitrogens with zero attached hydrogens (tertiary/aromatic N) is 1. The number of ether oxygens (including phenoxy) is 1. The Kier molecular flexibility index (Phi) is 5.21. The van der Waals surface area contributed by atoms with Crippen LogP contribution in [-0.2, 0) is 6.54 Å². The molecular weight excluding hydrogens is 254 g/mol. The van der Waals surface area contributed by atoms with Crippen molar-refractivity contribution in [1.29, 1.82) is 0 Å². The van der Waals surface area contributed by atoms with E-state index in [0.29, 0.717) is 24.9 Å². The fraction of sp³-hybridized carbons (Fsp3) is 0.600. The summed E-state index contributed by atoms with van der Waals surface area (Å²) in [6, 6.07) is 3.64. The maximum Gasteiger partial charge on any atom is 0.315 e. The van der Waals surface area contributed by atoms with Gasteiger partial charge in [-0.1, -0.05) is 19.9 Å². The standard InChI is InChI=1S/C15H23N3O2/c1-11(2)7-17-15(19)18-9-13-5-6-14(16-8-13)20-10-12-3-4-12/h5-6,8,11-12H,3-4,7,9-10H2,1-2H3,(H2,17,18,19). The van der Waals surface area contributed by atoms with E-state index >= 15 is 0 Å². The van der Waals surface area contributed by atoms with Crippen LogP contribution in [0.4, 0.5) is 4.79 Å². The number of carbonyl (C=O) groups excluding carboxylic acids is 1. The van der Waals surface area contributed by atoms with Gasteiger partial charge in [0.25, 0.3) is 0 Å². The van der Waals surface area contributed by atoms with E-state index in [1.165, 1.54) is 12.8 Å². The molecule has 1 aliphatic carbocycles. The van der Waals surface area contributed by atoms with Crippen molar-refractivity contribution in [2.45, 2.75) is 33.2 Å². The van der Waals surface area contributed by atoms with Gasteiger partial charge in [0.1, 0.15) is 0 Å². The van der Waals surface area contributed by atoms with E-state index in [-0.39, 0.29) is 6.03 Å². The zero-order valence-corrected chi connectivity index (χ0v) is 12.2. The van der Waals surface area contributed by atoms with Crippen LogP contribution in [0, 0.1) is 11.8 Å². The van der Waals surface area contributed by atoms with E-state index < -0.39 is 0 Å². The highest BCUT2D eigenvalue weighted by Gasteiger charge is 2.21. The second kappa shape index (κ2) is 7.12. The molecule has 0 bridgehead atoms. The van der Waals surface area contributed by atoms with Crippen LogP contribution in [-0.4, -0.2) is 24.2 Å². The van der Waals surface area contributed by atoms with Gasteiger partial charge in [-0.25, -0.2) is 9.78 Å². The van der Waals surface area contributed by atoms with Gasteiger partial charge in [0.15, 0.2) is 0 Å². The van der Waals surface area contributed by atoms with Crippen molar-refractivity contribution in [3.63, 3.8) is 0 Å². The van der Waals surface area contributed by atoms with Crippen molar-refractivity contribution >= 4 is 6.03 Å². The van der Waals surface area contributed by atoms with Crippen LogP contribution in [0.25, 0.3) is 0 Å². The average molecular weight is 277 g/mol. The van der Waals surface area contributed by atoms with Gasteiger partial charge >= 0.3 is 6.03 Å². The zero-order valence-electron chi connectivity index (χ0n) is 12.2. The minimum atomic E-state index is -0.146. The van der Waals surface area contributed by atoms with E-state index in [1.807, 2.05) is 12.1 Å². The van der Waals surface area contributed by atoms with Gasteiger partial charge in [-0.05, 0) is 30.2 Å². The summed E-state index contributed by atoms with van der Waals surface area (Å²) >= 11 is 0. The molecule has 0 spiro atoms. The van der Waals surface area contributed by atoms with Gasteiger partial charge in [-0.2, -0.15) is 0 Å². The summed E-state index contributed by atoms with van der Waals surface area (Å²) in [6.07, 6.45) is 4.28. The molecule has 0 aromatic carbocycles. The highest BCUT2D eigenvalue weighted by molar-refractivity contribution is 5.73. The third kappa shape index (κ3) is 5.47. The number of rotatable bonds is 7. The number of aromatic nitrogens is 1. The quantitative estimate of drug-likeness (QED) is 0.804. The van der Waals surface area contributed by atoms with Gasteiger partial charge in [0.2, 0.25) is 5.88 Å². The van der Waals surface area contributed by atoms with E-state index in [2.05, 4.69) is 29.5 Å². The molecule has 0 saturated heterocycles. The molecule has 20 heavy (non-hydrogen) atoms. The molecule has 0 radical (unpaired) electrons. The Morgan fingerprint density at radius 3 is 2.80 bits per heavy atom. The van der Waals surface area contributed by atoms with E-state index in [9.17, 15) is 4.79 Å². The maximum atomic E-state index is 11.5. The monoisotopic (exact) mass is 277 g/mol. The third-order valence-electron chi connectivity index (χ3n) is 3.09. The second-order valence-electron chi connectivity index (χ2n) is 5.72. The molecule has 110 valence electrons. The first-order chi connectivity index (χ1) is 9.63. The first-order valence-corrected chi connectivity index (χ1v) is 7.23. The van der Waals surface area contributed by atoms with Crippen LogP contribution < -0.4 is 15.4 Å². The van der Waals surface area contributed by atoms with Gasteiger partial charge in [0, 0.05) is 25.4 Å². The Bertz CT molecular complexity index is 427. The normalized spacial score (nSPS) is 14.2. The lowest BCUT2D eigenvalue weighted by atomic mass is 10.2. The third-order valence-corrected chi connectivity index (χ3v) is 3.09. The Morgan fingerprint density at radius 1 is 1.40 bits per heavy atom. The van der Waals surface area contributed by atoms with E-state index in [0.717, 1.165) is 18.1 Å². The van der Waals surface area contributed by atoms with Crippen LogP contribution >= 0.6 is 0 Å². The fourth-order valence-corrected chi connectivity index (χ4v) is 1.63. The Balaban J connectivity index is 1.68. The predicted molar refractivity (Wildman–Crippen MR) is 77.5 cm³/mol. The summed E-state index contributed by atoms with van der Waals surface area (Å²) in [6.45, 7) is 6.04. The topological polar surface area (TPSA) is 63.2 Å². The number of nitrogens with one attached hydrogen (secondary N) is 2. The molecule has 1 saturated carbocycles. The predicted octanol–water partition coefficient (Wildman–Crippen LogP) is 2.33. The van der Waals surface area contributed by atoms with Crippen LogP contribution in [0.1, 0.15) is 32.3 Å². The van der Waals surface area contributed by atoms with Crippen molar-refractivity contribution in [2.24, 2.45) is 11.8 Å². The molecule has 5 nitrogen and oxygen atoms in total. The summed E-state index contributed by atoms with van der Waals surface area (Å²) in [5.74, 6) is 1.83. The molecule has 2 amide bonds. The van der Waals surface area contributed by atoms with Crippen molar-refractivity contribution in [1.82, 2.24) is 15.6 Å². The van der Waals surface area contributed by atoms with Gasteiger partial charge in [-0.15, -0.1) is 0 Å². The number of hydrogen-bond donors (Lipinski definition) is 2. The van der Waals surface area contributed by atoms with Gasteiger partial charge in [0.05, 0.1) is 6.61 Å². The Labute approximate surface area is 120 Å². The molecule has 0 atom stereocenters. The lowest BCUT2D eigenvalue weighted by Crippen LogP contribution is -2.37. The summed E-state index contributed by atoms with van der Waals surface area (Å²) in [5, 5.41) is 5.61. The van der Waals surface area contributed by atoms with Crippen molar-refractivity contribution in [3.05, 3.63) is 23.9 Å². The summed E-state index contributed by atoms with van der Waals surface area (Å²) in [7, 11) is 0. The van der Waals surface area contributed by atoms with Crippen LogP contribution in [0.5, 0.6) is 5.88 Å². The SMILES string of the molecule is CC(C)CNC(=O)NCc1ccc(OCC2CC2)nc1. The number of urea groups is 1. The highest BCUT2D eigenvalue weighted by Crippen LogP contribution is 2.29. The maximum absolute atomic E-state index is 11.5. The summed E-state index contributed by atoms with van der Waals surface area (Å²) in [5.41, 5.74) is 0.962. The lowest BCUT2D eigenvalue weighted by Gasteiger charge is -2.09. The first kappa shape index (κ1) is 14.6. The molecule has 0 unspecified atom stereocenters. The molecule has 1 aromatic heterocycles. The van der Waals surface area contributed by atoms with Crippen LogP contribution in [0.2, 0.25) is 0 Å². The largest absolute Gasteiger partial charge is 0.477 e. The molecule has 0 aliphatic heterocycles. The highest BCUT2D eigenvalue weighted by atomic mass is 16.5. The van der Waals surface area contributed by atoms with Crippen LogP contribution in [0.15, 0.2) is 18.3 Å². The number of amides is 2. The summed E-state index contributed by atoms with van der Waals surface area (Å²) < 4.78 is 5.56. The molecule has 1 aromatic rings. The van der Waals surface area contributed by atoms with E-state index in [1.54, 1.807) is 6.20 Å². The smallest absolute Gasteiger partial charge is 0.315 e. The minimum absolute atomic E-state index is 0.146. The molecule has 1 aliphatic rings. The average Bonchev–Trinajstić information content (AvgIpc) is 3.26. The molecule has 1 heterocycles. The first-order valence-electron chi connectivity index (χ1n) is 7.23. The minimum Gasteiger partial charge on any atom is -0.477 e. The summed E-state index contributed by atoms with van der Waals surface area (Å²) in [4.78, 5) is 15.7. The molecule has 5 heteroatoms. The molecular formula is C15H23N3O2. The van der Waals surface area contributed by atoms with Crippen molar-refractivity contribution in [3.8, 4) is 5.88 Å². The Hall–Kier alpha value is -1.78. The number of pyridine rings is 1. The van der Waals surface area contributed by atoms with Gasteiger partial charge in [-0.3, -0.25) is 0 Å².